The summed E-state index contributed by atoms with van der Waals surface area (Å²) < 4.78 is 0. The summed E-state index contributed by atoms with van der Waals surface area (Å²) in [6.45, 7) is 6.54. The Bertz CT molecular complexity index is 384. The van der Waals surface area contributed by atoms with E-state index in [2.05, 4.69) is 30.9 Å². The molecule has 0 saturated heterocycles. The summed E-state index contributed by atoms with van der Waals surface area (Å²) in [7, 11) is 0. The summed E-state index contributed by atoms with van der Waals surface area (Å²) >= 11 is 5.98. The summed E-state index contributed by atoms with van der Waals surface area (Å²) in [5, 5.41) is 0.786. The van der Waals surface area contributed by atoms with Crippen molar-refractivity contribution >= 4 is 11.6 Å². The molecule has 0 aromatic heterocycles. The fourth-order valence-corrected chi connectivity index (χ4v) is 3.08. The maximum Gasteiger partial charge on any atom is 0.0496 e. The molecule has 2 atom stereocenters. The Morgan fingerprint density at radius 3 is 2.37 bits per heavy atom. The zero-order valence-electron chi connectivity index (χ0n) is 12.0. The number of nitrogens with two attached hydrogens (primary N) is 1. The van der Waals surface area contributed by atoms with Crippen molar-refractivity contribution in [3.05, 3.63) is 34.9 Å². The number of nitrogens with zero attached hydrogens (tertiary/aromatic N) is 1. The Morgan fingerprint density at radius 1 is 1.32 bits per heavy atom. The number of rotatable bonds is 6. The molecule has 1 aliphatic rings. The largest absolute Gasteiger partial charge is 0.326 e. The molecule has 1 aromatic rings. The van der Waals surface area contributed by atoms with Crippen molar-refractivity contribution in [2.24, 2.45) is 11.7 Å². The van der Waals surface area contributed by atoms with E-state index in [9.17, 15) is 0 Å². The van der Waals surface area contributed by atoms with E-state index in [4.69, 9.17) is 17.3 Å². The first kappa shape index (κ1) is 14.8. The topological polar surface area (TPSA) is 29.3 Å². The number of halogens is 1. The van der Waals surface area contributed by atoms with E-state index in [0.717, 1.165) is 17.5 Å². The van der Waals surface area contributed by atoms with Gasteiger partial charge in [0.05, 0.1) is 0 Å². The van der Waals surface area contributed by atoms with E-state index >= 15 is 0 Å². The zero-order valence-corrected chi connectivity index (χ0v) is 12.7. The molecule has 0 bridgehead atoms. The maximum absolute atomic E-state index is 6.24. The lowest BCUT2D eigenvalue weighted by molar-refractivity contribution is 0.125. The van der Waals surface area contributed by atoms with Gasteiger partial charge in [-0.1, -0.05) is 37.1 Å². The van der Waals surface area contributed by atoms with Gasteiger partial charge in [0.15, 0.2) is 0 Å². The molecule has 3 heteroatoms. The average Bonchev–Trinajstić information content (AvgIpc) is 2.33. The van der Waals surface area contributed by atoms with Crippen molar-refractivity contribution < 1.29 is 0 Å². The van der Waals surface area contributed by atoms with Crippen LogP contribution in [0.4, 0.5) is 0 Å². The lowest BCUT2D eigenvalue weighted by Gasteiger charge is -2.38. The van der Waals surface area contributed by atoms with E-state index in [1.807, 2.05) is 12.1 Å². The van der Waals surface area contributed by atoms with E-state index < -0.39 is 0 Å². The maximum atomic E-state index is 6.24. The quantitative estimate of drug-likeness (QED) is 0.858. The number of likely N-dealkylation sites (N-methyl/N-ethyl adjacent to an activating group) is 1. The molecule has 2 unspecified atom stereocenters. The molecule has 2 nitrogen and oxygen atoms in total. The van der Waals surface area contributed by atoms with Gasteiger partial charge < -0.3 is 5.73 Å². The summed E-state index contributed by atoms with van der Waals surface area (Å²) in [6.07, 6.45) is 4.15. The monoisotopic (exact) mass is 280 g/mol. The summed E-state index contributed by atoms with van der Waals surface area (Å²) in [6, 6.07) is 8.57. The normalized spacial score (nSPS) is 19.2. The van der Waals surface area contributed by atoms with Crippen LogP contribution >= 0.6 is 11.6 Å². The Balaban J connectivity index is 2.14. The van der Waals surface area contributed by atoms with E-state index in [-0.39, 0.29) is 6.04 Å². The van der Waals surface area contributed by atoms with Crippen molar-refractivity contribution in [1.82, 2.24) is 4.90 Å². The average molecular weight is 281 g/mol. The first-order valence-electron chi connectivity index (χ1n) is 7.37. The molecule has 2 rings (SSSR count). The first-order valence-corrected chi connectivity index (χ1v) is 7.74. The van der Waals surface area contributed by atoms with Gasteiger partial charge in [0.1, 0.15) is 0 Å². The van der Waals surface area contributed by atoms with Crippen LogP contribution in [0.2, 0.25) is 5.02 Å². The molecule has 2 N–H and O–H groups in total. The summed E-state index contributed by atoms with van der Waals surface area (Å²) in [5.41, 5.74) is 7.52. The fraction of sp³-hybridized carbons (Fsp3) is 0.625. The second-order valence-corrected chi connectivity index (χ2v) is 6.18. The van der Waals surface area contributed by atoms with Crippen molar-refractivity contribution in [3.63, 3.8) is 0 Å². The molecule has 1 fully saturated rings. The molecule has 106 valence electrons. The van der Waals surface area contributed by atoms with Gasteiger partial charge in [0.25, 0.3) is 0 Å². The lowest BCUT2D eigenvalue weighted by atomic mass is 9.84. The SMILES string of the molecule is CCN(CC1CCC1)C(c1ccc(Cl)cc1)C(C)N. The van der Waals surface area contributed by atoms with Crippen LogP contribution in [0, 0.1) is 5.92 Å². The fourth-order valence-electron chi connectivity index (χ4n) is 2.95. The second kappa shape index (κ2) is 6.74. The van der Waals surface area contributed by atoms with E-state index in [0.29, 0.717) is 6.04 Å². The minimum atomic E-state index is 0.126. The van der Waals surface area contributed by atoms with Crippen molar-refractivity contribution in [1.29, 1.82) is 0 Å². The highest BCUT2D eigenvalue weighted by molar-refractivity contribution is 6.30. The Morgan fingerprint density at radius 2 is 1.95 bits per heavy atom. The third-order valence-corrected chi connectivity index (χ3v) is 4.48. The van der Waals surface area contributed by atoms with Gasteiger partial charge in [0.2, 0.25) is 0 Å². The third kappa shape index (κ3) is 3.71. The zero-order chi connectivity index (χ0) is 13.8. The van der Waals surface area contributed by atoms with E-state index in [1.165, 1.54) is 31.4 Å². The molecule has 0 heterocycles. The van der Waals surface area contributed by atoms with Crippen LogP contribution in [0.1, 0.15) is 44.7 Å². The predicted octanol–water partition coefficient (Wildman–Crippen LogP) is 3.85. The summed E-state index contributed by atoms with van der Waals surface area (Å²) in [5.74, 6) is 0.869. The van der Waals surface area contributed by atoms with Gasteiger partial charge in [-0.05, 0) is 49.9 Å². The van der Waals surface area contributed by atoms with E-state index in [1.54, 1.807) is 0 Å². The number of hydrogen-bond acceptors (Lipinski definition) is 2. The van der Waals surface area contributed by atoms with Gasteiger partial charge in [-0.3, -0.25) is 4.90 Å². The Hall–Kier alpha value is -0.570. The molecule has 1 saturated carbocycles. The molecule has 0 aliphatic heterocycles. The minimum absolute atomic E-state index is 0.126. The Kier molecular flexibility index (Phi) is 5.26. The van der Waals surface area contributed by atoms with Crippen LogP contribution in [0.25, 0.3) is 0 Å². The summed E-state index contributed by atoms with van der Waals surface area (Å²) in [4.78, 5) is 2.53. The lowest BCUT2D eigenvalue weighted by Crippen LogP contribution is -2.42. The highest BCUT2D eigenvalue weighted by Gasteiger charge is 2.27. The molecule has 1 aromatic carbocycles. The van der Waals surface area contributed by atoms with Gasteiger partial charge in [-0.25, -0.2) is 0 Å². The van der Waals surface area contributed by atoms with Crippen LogP contribution in [-0.2, 0) is 0 Å². The first-order chi connectivity index (χ1) is 9.11. The molecule has 0 radical (unpaired) electrons. The molecule has 0 amide bonds. The standard InChI is InChI=1S/C16H25ClN2/c1-3-19(11-13-5-4-6-13)16(12(2)18)14-7-9-15(17)10-8-14/h7-10,12-13,16H,3-6,11,18H2,1-2H3. The molecule has 0 spiro atoms. The second-order valence-electron chi connectivity index (χ2n) is 5.74. The predicted molar refractivity (Wildman–Crippen MR) is 82.4 cm³/mol. The third-order valence-electron chi connectivity index (χ3n) is 4.23. The molecular weight excluding hydrogens is 256 g/mol. The van der Waals surface area contributed by atoms with Crippen LogP contribution < -0.4 is 5.73 Å². The van der Waals surface area contributed by atoms with Crippen molar-refractivity contribution in [3.8, 4) is 0 Å². The smallest absolute Gasteiger partial charge is 0.0496 e. The van der Waals surface area contributed by atoms with Gasteiger partial charge in [-0.2, -0.15) is 0 Å². The highest BCUT2D eigenvalue weighted by Crippen LogP contribution is 2.31. The molecule has 1 aliphatic carbocycles. The number of hydrogen-bond donors (Lipinski definition) is 1. The van der Waals surface area contributed by atoms with Crippen LogP contribution in [0.15, 0.2) is 24.3 Å². The minimum Gasteiger partial charge on any atom is -0.326 e. The van der Waals surface area contributed by atoms with Gasteiger partial charge >= 0.3 is 0 Å². The molecular formula is C16H25ClN2. The molecule has 19 heavy (non-hydrogen) atoms. The van der Waals surface area contributed by atoms with Crippen molar-refractivity contribution in [2.45, 2.75) is 45.2 Å². The van der Waals surface area contributed by atoms with Crippen LogP contribution in [0.5, 0.6) is 0 Å². The number of benzene rings is 1. The highest BCUT2D eigenvalue weighted by atomic mass is 35.5. The van der Waals surface area contributed by atoms with Crippen LogP contribution in [-0.4, -0.2) is 24.0 Å². The van der Waals surface area contributed by atoms with Gasteiger partial charge in [-0.15, -0.1) is 0 Å². The van der Waals surface area contributed by atoms with Crippen molar-refractivity contribution in [2.75, 3.05) is 13.1 Å². The van der Waals surface area contributed by atoms with Gasteiger partial charge in [0, 0.05) is 23.7 Å². The Labute approximate surface area is 121 Å². The van der Waals surface area contributed by atoms with Crippen LogP contribution in [0.3, 0.4) is 0 Å².